The molecule has 0 amide bonds. The molecule has 14 heavy (non-hydrogen) atoms. The van der Waals surface area contributed by atoms with Crippen LogP contribution in [-0.2, 0) is 0 Å². The first-order valence-corrected chi connectivity index (χ1v) is 4.75. The van der Waals surface area contributed by atoms with E-state index < -0.39 is 6.10 Å². The quantitative estimate of drug-likeness (QED) is 0.604. The number of aliphatic hydroxyl groups is 1. The van der Waals surface area contributed by atoms with Gasteiger partial charge in [-0.2, -0.15) is 0 Å². The van der Waals surface area contributed by atoms with Crippen molar-refractivity contribution in [3.63, 3.8) is 0 Å². The van der Waals surface area contributed by atoms with Crippen LogP contribution in [0.1, 0.15) is 5.56 Å². The number of alkyl halides is 1. The summed E-state index contributed by atoms with van der Waals surface area (Å²) in [6, 6.07) is 5.95. The Labute approximate surface area is 87.0 Å². The van der Waals surface area contributed by atoms with E-state index in [2.05, 4.69) is 4.99 Å². The van der Waals surface area contributed by atoms with Crippen molar-refractivity contribution in [2.45, 2.75) is 6.10 Å². The van der Waals surface area contributed by atoms with E-state index in [1.54, 1.807) is 18.3 Å². The number of hydrogen-bond donors (Lipinski definition) is 1. The molecule has 0 aliphatic carbocycles. The molecule has 4 heteroatoms. The summed E-state index contributed by atoms with van der Waals surface area (Å²) in [5, 5.41) is 9.07. The molecule has 76 valence electrons. The maximum absolute atomic E-state index is 12.5. The summed E-state index contributed by atoms with van der Waals surface area (Å²) in [5.41, 5.74) is 0.799. The molecule has 0 saturated carbocycles. The zero-order valence-electron chi connectivity index (χ0n) is 7.53. The number of halogens is 2. The van der Waals surface area contributed by atoms with Gasteiger partial charge in [0.25, 0.3) is 0 Å². The van der Waals surface area contributed by atoms with Gasteiger partial charge in [-0.3, -0.25) is 4.99 Å². The minimum atomic E-state index is -0.617. The van der Waals surface area contributed by atoms with Crippen molar-refractivity contribution in [3.05, 3.63) is 35.6 Å². The second-order valence-electron chi connectivity index (χ2n) is 2.85. The molecule has 1 atom stereocenters. The standard InChI is InChI=1S/C10H11ClFNO/c11-5-10(14)7-13-6-8-1-3-9(12)4-2-8/h1-4,6,10,14H,5,7H2. The fourth-order valence-electron chi connectivity index (χ4n) is 0.877. The molecule has 1 rings (SSSR count). The lowest BCUT2D eigenvalue weighted by atomic mass is 10.2. The summed E-state index contributed by atoms with van der Waals surface area (Å²) in [5.74, 6) is -0.108. The van der Waals surface area contributed by atoms with Crippen LogP contribution in [0, 0.1) is 5.82 Å². The monoisotopic (exact) mass is 215 g/mol. The zero-order chi connectivity index (χ0) is 10.4. The maximum Gasteiger partial charge on any atom is 0.123 e. The highest BCUT2D eigenvalue weighted by Crippen LogP contribution is 2.00. The molecule has 0 aliphatic rings. The van der Waals surface area contributed by atoms with Crippen molar-refractivity contribution < 1.29 is 9.50 Å². The Morgan fingerprint density at radius 1 is 1.43 bits per heavy atom. The molecule has 0 bridgehead atoms. The summed E-state index contributed by atoms with van der Waals surface area (Å²) >= 11 is 5.38. The fourth-order valence-corrected chi connectivity index (χ4v) is 0.975. The fraction of sp³-hybridized carbons (Fsp3) is 0.300. The Morgan fingerprint density at radius 3 is 2.64 bits per heavy atom. The van der Waals surface area contributed by atoms with E-state index >= 15 is 0 Å². The molecular weight excluding hydrogens is 205 g/mol. The van der Waals surface area contributed by atoms with Crippen LogP contribution in [0.5, 0.6) is 0 Å². The number of benzene rings is 1. The third-order valence-corrected chi connectivity index (χ3v) is 1.96. The maximum atomic E-state index is 12.5. The average Bonchev–Trinajstić information content (AvgIpc) is 2.21. The third kappa shape index (κ3) is 3.85. The van der Waals surface area contributed by atoms with Gasteiger partial charge in [0.1, 0.15) is 5.82 Å². The predicted octanol–water partition coefficient (Wildman–Crippen LogP) is 1.84. The van der Waals surface area contributed by atoms with Crippen molar-refractivity contribution in [1.29, 1.82) is 0 Å². The zero-order valence-corrected chi connectivity index (χ0v) is 8.28. The highest BCUT2D eigenvalue weighted by molar-refractivity contribution is 6.18. The summed E-state index contributed by atoms with van der Waals surface area (Å²) in [4.78, 5) is 3.96. The molecule has 0 heterocycles. The number of rotatable bonds is 4. The second-order valence-corrected chi connectivity index (χ2v) is 3.16. The van der Waals surface area contributed by atoms with E-state index in [0.29, 0.717) is 0 Å². The van der Waals surface area contributed by atoms with E-state index in [-0.39, 0.29) is 18.2 Å². The van der Waals surface area contributed by atoms with Crippen molar-refractivity contribution in [3.8, 4) is 0 Å². The van der Waals surface area contributed by atoms with Crippen LogP contribution in [0.3, 0.4) is 0 Å². The van der Waals surface area contributed by atoms with Gasteiger partial charge in [-0.1, -0.05) is 12.1 Å². The third-order valence-electron chi connectivity index (χ3n) is 1.60. The normalized spacial score (nSPS) is 13.4. The van der Waals surface area contributed by atoms with Gasteiger partial charge in [0.15, 0.2) is 0 Å². The number of aliphatic imine (C=N–C) groups is 1. The smallest absolute Gasteiger partial charge is 0.123 e. The molecule has 0 spiro atoms. The van der Waals surface area contributed by atoms with Crippen LogP contribution in [-0.4, -0.2) is 29.8 Å². The second kappa shape index (κ2) is 5.73. The Balaban J connectivity index is 2.48. The first-order chi connectivity index (χ1) is 6.72. The van der Waals surface area contributed by atoms with E-state index in [4.69, 9.17) is 16.7 Å². The van der Waals surface area contributed by atoms with Crippen LogP contribution >= 0.6 is 11.6 Å². The van der Waals surface area contributed by atoms with Gasteiger partial charge in [0, 0.05) is 6.21 Å². The topological polar surface area (TPSA) is 32.6 Å². The molecule has 1 unspecified atom stereocenters. The van der Waals surface area contributed by atoms with Crippen LogP contribution in [0.4, 0.5) is 4.39 Å². The summed E-state index contributed by atoms with van der Waals surface area (Å²) in [6.45, 7) is 0.265. The predicted molar refractivity (Wildman–Crippen MR) is 55.6 cm³/mol. The van der Waals surface area contributed by atoms with E-state index in [1.807, 2.05) is 0 Å². The highest BCUT2D eigenvalue weighted by Gasteiger charge is 1.97. The van der Waals surface area contributed by atoms with Gasteiger partial charge in [0.2, 0.25) is 0 Å². The first kappa shape index (κ1) is 11.1. The van der Waals surface area contributed by atoms with Crippen molar-refractivity contribution in [2.75, 3.05) is 12.4 Å². The molecule has 1 aromatic rings. The minimum absolute atomic E-state index is 0.167. The molecule has 0 aliphatic heterocycles. The highest BCUT2D eigenvalue weighted by atomic mass is 35.5. The average molecular weight is 216 g/mol. The van der Waals surface area contributed by atoms with Crippen LogP contribution < -0.4 is 0 Å². The Hall–Kier alpha value is -0.930. The Kier molecular flexibility index (Phi) is 4.56. The summed E-state index contributed by atoms with van der Waals surface area (Å²) in [7, 11) is 0. The largest absolute Gasteiger partial charge is 0.390 e. The van der Waals surface area contributed by atoms with Crippen LogP contribution in [0.25, 0.3) is 0 Å². The van der Waals surface area contributed by atoms with Gasteiger partial charge in [0.05, 0.1) is 18.5 Å². The number of hydrogen-bond acceptors (Lipinski definition) is 2. The molecular formula is C10H11ClFNO. The molecule has 2 nitrogen and oxygen atoms in total. The van der Waals surface area contributed by atoms with E-state index in [0.717, 1.165) is 5.56 Å². The van der Waals surface area contributed by atoms with Crippen molar-refractivity contribution in [1.82, 2.24) is 0 Å². The molecule has 1 N–H and O–H groups in total. The molecule has 1 aromatic carbocycles. The number of nitrogens with zero attached hydrogens (tertiary/aromatic N) is 1. The van der Waals surface area contributed by atoms with Crippen molar-refractivity contribution >= 4 is 17.8 Å². The van der Waals surface area contributed by atoms with Gasteiger partial charge in [-0.15, -0.1) is 11.6 Å². The molecule has 0 saturated heterocycles. The van der Waals surface area contributed by atoms with Crippen molar-refractivity contribution in [2.24, 2.45) is 4.99 Å². The van der Waals surface area contributed by atoms with Gasteiger partial charge in [-0.25, -0.2) is 4.39 Å². The lowest BCUT2D eigenvalue weighted by molar-refractivity contribution is 0.207. The summed E-state index contributed by atoms with van der Waals surface area (Å²) in [6.07, 6.45) is 0.961. The number of aliphatic hydroxyl groups excluding tert-OH is 1. The van der Waals surface area contributed by atoms with E-state index in [1.165, 1.54) is 12.1 Å². The molecule has 0 aromatic heterocycles. The minimum Gasteiger partial charge on any atom is -0.390 e. The van der Waals surface area contributed by atoms with E-state index in [9.17, 15) is 4.39 Å². The Bertz CT molecular complexity index is 299. The van der Waals surface area contributed by atoms with Gasteiger partial charge >= 0.3 is 0 Å². The lowest BCUT2D eigenvalue weighted by Crippen LogP contribution is -2.12. The lowest BCUT2D eigenvalue weighted by Gasteiger charge is -2.00. The molecule has 0 radical (unpaired) electrons. The van der Waals surface area contributed by atoms with Crippen LogP contribution in [0.2, 0.25) is 0 Å². The van der Waals surface area contributed by atoms with Gasteiger partial charge in [-0.05, 0) is 17.7 Å². The SMILES string of the molecule is OC(CCl)CN=Cc1ccc(F)cc1. The van der Waals surface area contributed by atoms with Crippen LogP contribution in [0.15, 0.2) is 29.3 Å². The first-order valence-electron chi connectivity index (χ1n) is 4.22. The van der Waals surface area contributed by atoms with Gasteiger partial charge < -0.3 is 5.11 Å². The Morgan fingerprint density at radius 2 is 2.07 bits per heavy atom. The summed E-state index contributed by atoms with van der Waals surface area (Å²) < 4.78 is 12.5. The molecule has 0 fully saturated rings.